The largest absolute Gasteiger partial charge is 0.497 e. The molecule has 2 aliphatic rings. The van der Waals surface area contributed by atoms with Crippen LogP contribution in [0, 0.1) is 0 Å². The zero-order chi connectivity index (χ0) is 25.7. The predicted molar refractivity (Wildman–Crippen MR) is 149 cm³/mol. The quantitative estimate of drug-likeness (QED) is 0.288. The molecular weight excluding hydrogens is 464 g/mol. The molecule has 2 unspecified atom stereocenters. The molecule has 0 radical (unpaired) electrons. The number of hydrogen-bond donors (Lipinski definition) is 0. The van der Waals surface area contributed by atoms with Crippen molar-refractivity contribution in [2.45, 2.75) is 83.3 Å². The minimum Gasteiger partial charge on any atom is -0.497 e. The Bertz CT molecular complexity index is 984. The second-order valence-corrected chi connectivity index (χ2v) is 15.7. The summed E-state index contributed by atoms with van der Waals surface area (Å²) in [6.45, 7) is 12.2. The lowest BCUT2D eigenvalue weighted by atomic mass is 10.0. The molecule has 2 aromatic rings. The Morgan fingerprint density at radius 3 is 2.06 bits per heavy atom. The molecule has 0 spiro atoms. The molecule has 4 nitrogen and oxygen atoms in total. The van der Waals surface area contributed by atoms with Crippen molar-refractivity contribution in [2.75, 3.05) is 13.2 Å². The predicted octanol–water partition coefficient (Wildman–Crippen LogP) is 6.11. The summed E-state index contributed by atoms with van der Waals surface area (Å²) in [4.78, 5) is 0. The molecule has 0 amide bonds. The first kappa shape index (κ1) is 26.9. The average molecular weight is 507 g/mol. The van der Waals surface area contributed by atoms with Crippen molar-refractivity contribution in [3.8, 4) is 0 Å². The first-order chi connectivity index (χ1) is 17.2. The second-order valence-electron chi connectivity index (χ2n) is 11.4. The molecule has 2 heterocycles. The third-order valence-electron chi connectivity index (χ3n) is 7.18. The molecule has 1 fully saturated rings. The molecule has 4 rings (SSSR count). The number of allylic oxidation sites excluding steroid dienone is 2. The zero-order valence-corrected chi connectivity index (χ0v) is 23.5. The first-order valence-corrected chi connectivity index (χ1v) is 15.2. The van der Waals surface area contributed by atoms with Crippen LogP contribution in [0.25, 0.3) is 0 Å². The fourth-order valence-corrected chi connectivity index (χ4v) is 10.1. The Hall–Kier alpha value is -2.18. The molecule has 0 aromatic heterocycles. The monoisotopic (exact) mass is 506 g/mol. The van der Waals surface area contributed by atoms with Gasteiger partial charge < -0.3 is 18.6 Å². The van der Waals surface area contributed by atoms with E-state index in [0.29, 0.717) is 13.2 Å². The Balaban J connectivity index is 1.51. The summed E-state index contributed by atoms with van der Waals surface area (Å²) in [6.07, 6.45) is 10.1. The molecule has 36 heavy (non-hydrogen) atoms. The minimum atomic E-state index is -2.62. The molecule has 0 bridgehead atoms. The van der Waals surface area contributed by atoms with Crippen LogP contribution in [-0.2, 0) is 18.6 Å². The van der Waals surface area contributed by atoms with Gasteiger partial charge in [0.05, 0.1) is 19.0 Å². The summed E-state index contributed by atoms with van der Waals surface area (Å²) >= 11 is 0. The Morgan fingerprint density at radius 2 is 1.50 bits per heavy atom. The van der Waals surface area contributed by atoms with E-state index < -0.39 is 14.1 Å². The highest BCUT2D eigenvalue weighted by Crippen LogP contribution is 2.38. The van der Waals surface area contributed by atoms with E-state index in [1.54, 1.807) is 6.26 Å². The lowest BCUT2D eigenvalue weighted by molar-refractivity contribution is -0.149. The summed E-state index contributed by atoms with van der Waals surface area (Å²) in [6, 6.07) is 21.6. The molecular formula is C31H42O4Si. The number of benzene rings is 2. The van der Waals surface area contributed by atoms with E-state index in [1.165, 1.54) is 15.9 Å². The highest BCUT2D eigenvalue weighted by Gasteiger charge is 2.51. The fraction of sp³-hybridized carbons (Fsp3) is 0.484. The van der Waals surface area contributed by atoms with Crippen molar-refractivity contribution in [1.29, 1.82) is 0 Å². The molecule has 0 N–H and O–H groups in total. The van der Waals surface area contributed by atoms with Gasteiger partial charge in [-0.05, 0) is 60.2 Å². The number of unbranched alkanes of at least 4 members (excludes halogenated alkanes) is 1. The van der Waals surface area contributed by atoms with Crippen LogP contribution in [0.2, 0.25) is 5.04 Å². The molecule has 0 aliphatic carbocycles. The Kier molecular flexibility index (Phi) is 8.56. The van der Waals surface area contributed by atoms with Gasteiger partial charge in [-0.3, -0.25) is 0 Å². The summed E-state index contributed by atoms with van der Waals surface area (Å²) in [5.41, 5.74) is 1.35. The van der Waals surface area contributed by atoms with E-state index in [1.807, 2.05) is 19.9 Å². The van der Waals surface area contributed by atoms with Gasteiger partial charge in [-0.25, -0.2) is 0 Å². The minimum absolute atomic E-state index is 0.0229. The standard InChI is InChI=1S/C31H42O4Si/c1-30(2,3)36(26-17-8-6-9-18-26,27-19-10-7-11-20-27)33-24-29-28(34-31(4,5)35-29)21-13-12-15-25-16-14-22-32-23-25/h6-11,14,16-20,22,28-29H,12-13,15,21,23-24H2,1-5H3. The number of ether oxygens (including phenoxy) is 3. The summed E-state index contributed by atoms with van der Waals surface area (Å²) in [5, 5.41) is 2.51. The van der Waals surface area contributed by atoms with E-state index in [2.05, 4.69) is 87.5 Å². The van der Waals surface area contributed by atoms with Crippen molar-refractivity contribution in [1.82, 2.24) is 0 Å². The van der Waals surface area contributed by atoms with Crippen LogP contribution in [0.15, 0.2) is 84.7 Å². The summed E-state index contributed by atoms with van der Waals surface area (Å²) in [7, 11) is -2.62. The summed E-state index contributed by atoms with van der Waals surface area (Å²) in [5.74, 6) is -0.603. The second kappa shape index (κ2) is 11.5. The van der Waals surface area contributed by atoms with Crippen molar-refractivity contribution in [3.63, 3.8) is 0 Å². The van der Waals surface area contributed by atoms with Crippen LogP contribution in [0.4, 0.5) is 0 Å². The zero-order valence-electron chi connectivity index (χ0n) is 22.5. The van der Waals surface area contributed by atoms with Gasteiger partial charge in [-0.2, -0.15) is 0 Å². The van der Waals surface area contributed by atoms with Gasteiger partial charge >= 0.3 is 0 Å². The van der Waals surface area contributed by atoms with Crippen LogP contribution in [0.5, 0.6) is 0 Å². The third kappa shape index (κ3) is 6.20. The van der Waals surface area contributed by atoms with Gasteiger partial charge in [0.25, 0.3) is 8.32 Å². The van der Waals surface area contributed by atoms with Crippen LogP contribution in [-0.4, -0.2) is 39.5 Å². The maximum Gasteiger partial charge on any atom is 0.261 e. The molecule has 1 saturated heterocycles. The van der Waals surface area contributed by atoms with Gasteiger partial charge in [0, 0.05) is 0 Å². The van der Waals surface area contributed by atoms with Gasteiger partial charge in [-0.1, -0.05) is 93.9 Å². The molecule has 5 heteroatoms. The highest BCUT2D eigenvalue weighted by atomic mass is 28.4. The fourth-order valence-electron chi connectivity index (χ4n) is 5.55. The van der Waals surface area contributed by atoms with Crippen LogP contribution < -0.4 is 10.4 Å². The maximum absolute atomic E-state index is 7.18. The van der Waals surface area contributed by atoms with Crippen LogP contribution in [0.3, 0.4) is 0 Å². The molecule has 2 aromatic carbocycles. The van der Waals surface area contributed by atoms with E-state index in [-0.39, 0.29) is 17.2 Å². The van der Waals surface area contributed by atoms with Crippen molar-refractivity contribution in [2.24, 2.45) is 0 Å². The third-order valence-corrected chi connectivity index (χ3v) is 12.2. The molecule has 194 valence electrons. The molecule has 2 atom stereocenters. The lowest BCUT2D eigenvalue weighted by Crippen LogP contribution is -2.67. The Morgan fingerprint density at radius 1 is 0.889 bits per heavy atom. The van der Waals surface area contributed by atoms with Gasteiger partial charge in [0.15, 0.2) is 5.79 Å². The van der Waals surface area contributed by atoms with Crippen molar-refractivity contribution >= 4 is 18.7 Å². The number of rotatable bonds is 10. The molecule has 2 aliphatic heterocycles. The van der Waals surface area contributed by atoms with Crippen LogP contribution >= 0.6 is 0 Å². The van der Waals surface area contributed by atoms with Crippen molar-refractivity contribution < 1.29 is 18.6 Å². The van der Waals surface area contributed by atoms with Gasteiger partial charge in [0.2, 0.25) is 0 Å². The summed E-state index contributed by atoms with van der Waals surface area (Å²) < 4.78 is 25.4. The van der Waals surface area contributed by atoms with Gasteiger partial charge in [-0.15, -0.1) is 0 Å². The van der Waals surface area contributed by atoms with E-state index in [4.69, 9.17) is 18.6 Å². The normalized spacial score (nSPS) is 21.8. The SMILES string of the molecule is CC1(C)OC(CCCCC2=CC=COC2)C(CO[Si](c2ccccc2)(c2ccccc2)C(C)(C)C)O1. The Labute approximate surface area is 218 Å². The average Bonchev–Trinajstić information content (AvgIpc) is 3.16. The topological polar surface area (TPSA) is 36.9 Å². The maximum atomic E-state index is 7.18. The van der Waals surface area contributed by atoms with E-state index >= 15 is 0 Å². The van der Waals surface area contributed by atoms with Crippen LogP contribution in [0.1, 0.15) is 60.3 Å². The van der Waals surface area contributed by atoms with E-state index in [9.17, 15) is 0 Å². The van der Waals surface area contributed by atoms with E-state index in [0.717, 1.165) is 25.7 Å². The van der Waals surface area contributed by atoms with Crippen molar-refractivity contribution in [3.05, 3.63) is 84.7 Å². The highest BCUT2D eigenvalue weighted by molar-refractivity contribution is 6.99. The number of hydrogen-bond acceptors (Lipinski definition) is 4. The van der Waals surface area contributed by atoms with Gasteiger partial charge in [0.1, 0.15) is 12.7 Å². The first-order valence-electron chi connectivity index (χ1n) is 13.3. The molecule has 0 saturated carbocycles. The smallest absolute Gasteiger partial charge is 0.261 e. The lowest BCUT2D eigenvalue weighted by Gasteiger charge is -2.43.